The van der Waals surface area contributed by atoms with Crippen molar-refractivity contribution in [1.29, 1.82) is 0 Å². The molecule has 0 aromatic carbocycles. The van der Waals surface area contributed by atoms with Gasteiger partial charge in [0.1, 0.15) is 0 Å². The van der Waals surface area contributed by atoms with Crippen LogP contribution >= 0.6 is 0 Å². The van der Waals surface area contributed by atoms with E-state index in [-0.39, 0.29) is 5.41 Å². The Morgan fingerprint density at radius 2 is 1.83 bits per heavy atom. The second kappa shape index (κ2) is 3.56. The average molecular weight is 172 g/mol. The first-order chi connectivity index (χ1) is 5.25. The molecule has 0 unspecified atom stereocenters. The lowest BCUT2D eigenvalue weighted by atomic mass is 9.92. The summed E-state index contributed by atoms with van der Waals surface area (Å²) in [6, 6.07) is 0. The molecular weight excluding hydrogens is 156 g/mol. The van der Waals surface area contributed by atoms with Gasteiger partial charge in [0.2, 0.25) is 0 Å². The summed E-state index contributed by atoms with van der Waals surface area (Å²) in [5.74, 6) is 0. The third-order valence-electron chi connectivity index (χ3n) is 1.48. The van der Waals surface area contributed by atoms with Gasteiger partial charge in [-0.1, -0.05) is 20.8 Å². The van der Waals surface area contributed by atoms with Gasteiger partial charge in [0.05, 0.1) is 10.6 Å². The number of nitro groups is 1. The van der Waals surface area contributed by atoms with Crippen LogP contribution in [0.25, 0.3) is 0 Å². The summed E-state index contributed by atoms with van der Waals surface area (Å²) < 4.78 is 0. The molecule has 0 fully saturated rings. The number of hydrogen-bond acceptors (Lipinski definition) is 3. The number of allylic oxidation sites excluding steroid dienone is 1. The van der Waals surface area contributed by atoms with E-state index in [1.165, 1.54) is 0 Å². The van der Waals surface area contributed by atoms with E-state index in [4.69, 9.17) is 0 Å². The second-order valence-corrected chi connectivity index (χ2v) is 3.94. The van der Waals surface area contributed by atoms with E-state index in [0.717, 1.165) is 6.20 Å². The van der Waals surface area contributed by atoms with Crippen LogP contribution in [0.3, 0.4) is 0 Å². The van der Waals surface area contributed by atoms with Crippen LogP contribution < -0.4 is 0 Å². The maximum absolute atomic E-state index is 10.3. The standard InChI is InChI=1S/C8H16N2O2/c1-8(2,3)7(9(4)5)6-10(11)12/h6H,1-5H3/b7-6-. The first kappa shape index (κ1) is 10.9. The Kier molecular flexibility index (Phi) is 3.24. The summed E-state index contributed by atoms with van der Waals surface area (Å²) in [7, 11) is 3.61. The fraction of sp³-hybridized carbons (Fsp3) is 0.750. The van der Waals surface area contributed by atoms with Crippen molar-refractivity contribution in [3.8, 4) is 0 Å². The third-order valence-corrected chi connectivity index (χ3v) is 1.48. The molecule has 4 nitrogen and oxygen atoms in total. The van der Waals surface area contributed by atoms with Crippen LogP contribution in [0.1, 0.15) is 20.8 Å². The molecule has 12 heavy (non-hydrogen) atoms. The molecule has 0 saturated heterocycles. The highest BCUT2D eigenvalue weighted by molar-refractivity contribution is 5.04. The van der Waals surface area contributed by atoms with Crippen LogP contribution in [-0.4, -0.2) is 23.9 Å². The fourth-order valence-electron chi connectivity index (χ4n) is 1.08. The van der Waals surface area contributed by atoms with E-state index in [2.05, 4.69) is 0 Å². The number of nitrogens with zero attached hydrogens (tertiary/aromatic N) is 2. The zero-order valence-electron chi connectivity index (χ0n) is 8.29. The predicted octanol–water partition coefficient (Wildman–Crippen LogP) is 1.71. The van der Waals surface area contributed by atoms with Gasteiger partial charge in [-0.2, -0.15) is 0 Å². The van der Waals surface area contributed by atoms with Crippen molar-refractivity contribution in [3.05, 3.63) is 22.0 Å². The Morgan fingerprint density at radius 3 is 1.92 bits per heavy atom. The molecule has 0 aromatic heterocycles. The van der Waals surface area contributed by atoms with Crippen molar-refractivity contribution in [3.63, 3.8) is 0 Å². The summed E-state index contributed by atoms with van der Waals surface area (Å²) in [5.41, 5.74) is 0.531. The maximum Gasteiger partial charge on any atom is 0.253 e. The van der Waals surface area contributed by atoms with Gasteiger partial charge in [-0.05, 0) is 0 Å². The lowest BCUT2D eigenvalue weighted by Gasteiger charge is -2.26. The minimum atomic E-state index is -0.416. The molecule has 0 aliphatic heterocycles. The normalized spacial score (nSPS) is 12.9. The monoisotopic (exact) mass is 172 g/mol. The SMILES string of the molecule is CN(C)/C(=C\[N+](=O)[O-])C(C)(C)C. The zero-order chi connectivity index (χ0) is 9.94. The second-order valence-electron chi connectivity index (χ2n) is 3.94. The summed E-state index contributed by atoms with van der Waals surface area (Å²) in [5, 5.41) is 10.3. The largest absolute Gasteiger partial charge is 0.376 e. The minimum Gasteiger partial charge on any atom is -0.376 e. The Hall–Kier alpha value is -1.06. The Bertz CT molecular complexity index is 202. The van der Waals surface area contributed by atoms with E-state index >= 15 is 0 Å². The Morgan fingerprint density at radius 1 is 1.42 bits per heavy atom. The summed E-state index contributed by atoms with van der Waals surface area (Å²) in [4.78, 5) is 11.6. The first-order valence-corrected chi connectivity index (χ1v) is 3.78. The third kappa shape index (κ3) is 3.37. The predicted molar refractivity (Wildman–Crippen MR) is 48.2 cm³/mol. The van der Waals surface area contributed by atoms with Crippen LogP contribution in [0.4, 0.5) is 0 Å². The van der Waals surface area contributed by atoms with E-state index in [9.17, 15) is 10.1 Å². The molecule has 70 valence electrons. The van der Waals surface area contributed by atoms with Crippen LogP contribution in [0.5, 0.6) is 0 Å². The molecule has 0 spiro atoms. The summed E-state index contributed by atoms with van der Waals surface area (Å²) >= 11 is 0. The van der Waals surface area contributed by atoms with Crippen molar-refractivity contribution in [2.45, 2.75) is 20.8 Å². The highest BCUT2D eigenvalue weighted by Gasteiger charge is 2.21. The van der Waals surface area contributed by atoms with Crippen molar-refractivity contribution >= 4 is 0 Å². The van der Waals surface area contributed by atoms with Gasteiger partial charge >= 0.3 is 0 Å². The summed E-state index contributed by atoms with van der Waals surface area (Å²) in [6.45, 7) is 5.84. The van der Waals surface area contributed by atoms with Gasteiger partial charge < -0.3 is 4.90 Å². The molecule has 0 aliphatic rings. The maximum atomic E-state index is 10.3. The lowest BCUT2D eigenvalue weighted by molar-refractivity contribution is -0.405. The fourth-order valence-corrected chi connectivity index (χ4v) is 1.08. The molecule has 0 aromatic rings. The number of hydrogen-bond donors (Lipinski definition) is 0. The molecule has 0 bridgehead atoms. The van der Waals surface area contributed by atoms with Crippen molar-refractivity contribution in [2.75, 3.05) is 14.1 Å². The van der Waals surface area contributed by atoms with Crippen LogP contribution in [-0.2, 0) is 0 Å². The van der Waals surface area contributed by atoms with E-state index in [0.29, 0.717) is 5.70 Å². The van der Waals surface area contributed by atoms with Gasteiger partial charge in [0, 0.05) is 19.5 Å². The van der Waals surface area contributed by atoms with Crippen LogP contribution in [0.2, 0.25) is 0 Å². The van der Waals surface area contributed by atoms with Crippen molar-refractivity contribution in [2.24, 2.45) is 5.41 Å². The van der Waals surface area contributed by atoms with E-state index in [1.54, 1.807) is 19.0 Å². The van der Waals surface area contributed by atoms with Gasteiger partial charge in [0.15, 0.2) is 0 Å². The van der Waals surface area contributed by atoms with Crippen LogP contribution in [0.15, 0.2) is 11.9 Å². The summed E-state index contributed by atoms with van der Waals surface area (Å²) in [6.07, 6.45) is 1.06. The molecule has 0 heterocycles. The quantitative estimate of drug-likeness (QED) is 0.470. The molecular formula is C8H16N2O2. The van der Waals surface area contributed by atoms with Gasteiger partial charge in [-0.15, -0.1) is 0 Å². The average Bonchev–Trinajstić information content (AvgIpc) is 1.79. The zero-order valence-corrected chi connectivity index (χ0v) is 8.29. The van der Waals surface area contributed by atoms with Gasteiger partial charge in [-0.25, -0.2) is 0 Å². The van der Waals surface area contributed by atoms with E-state index in [1.807, 2.05) is 20.8 Å². The van der Waals surface area contributed by atoms with Crippen molar-refractivity contribution < 1.29 is 4.92 Å². The molecule has 0 aliphatic carbocycles. The lowest BCUT2D eigenvalue weighted by Crippen LogP contribution is -2.24. The van der Waals surface area contributed by atoms with Crippen molar-refractivity contribution in [1.82, 2.24) is 4.90 Å². The van der Waals surface area contributed by atoms with E-state index < -0.39 is 4.92 Å². The topological polar surface area (TPSA) is 46.4 Å². The molecule has 0 rings (SSSR count). The number of rotatable bonds is 2. The molecule has 0 atom stereocenters. The molecule has 0 N–H and O–H groups in total. The molecule has 0 radical (unpaired) electrons. The van der Waals surface area contributed by atoms with Crippen LogP contribution in [0, 0.1) is 15.5 Å². The van der Waals surface area contributed by atoms with Gasteiger partial charge in [0.25, 0.3) is 6.20 Å². The highest BCUT2D eigenvalue weighted by Crippen LogP contribution is 2.26. The molecule has 0 saturated carbocycles. The Labute approximate surface area is 73.0 Å². The molecule has 0 amide bonds. The van der Waals surface area contributed by atoms with Gasteiger partial charge in [-0.3, -0.25) is 10.1 Å². The smallest absolute Gasteiger partial charge is 0.253 e. The first-order valence-electron chi connectivity index (χ1n) is 3.78. The minimum absolute atomic E-state index is 0.184. The molecule has 4 heteroatoms. The highest BCUT2D eigenvalue weighted by atomic mass is 16.6. The Balaban J connectivity index is 4.80.